The Kier molecular flexibility index (Phi) is 4.57. The standard InChI is InChI=1S/C20H17F2N5/c21-16-10-15-18(26-14-4-2-1-3-5-14)13(11-23)12-25-19(15)17(22)20(16)27-8-6-24-7-9-27/h1-5,10,12,24H,6-9H2,(H,25,26). The number of fused-ring (bicyclic) bond motifs is 1. The molecule has 0 saturated carbocycles. The SMILES string of the molecule is N#Cc1cnc2c(F)c(N3CCNCC3)c(F)cc2c1Nc1ccccc1. The van der Waals surface area contributed by atoms with Gasteiger partial charge in [0.25, 0.3) is 0 Å². The fourth-order valence-corrected chi connectivity index (χ4v) is 3.32. The molecule has 0 unspecified atom stereocenters. The van der Waals surface area contributed by atoms with Crippen molar-refractivity contribution in [3.63, 3.8) is 0 Å². The molecule has 136 valence electrons. The molecule has 0 bridgehead atoms. The van der Waals surface area contributed by atoms with Crippen LogP contribution in [0.5, 0.6) is 0 Å². The number of para-hydroxylation sites is 1. The Morgan fingerprint density at radius 1 is 1.15 bits per heavy atom. The Morgan fingerprint density at radius 3 is 2.59 bits per heavy atom. The minimum absolute atomic E-state index is 0.0439. The third kappa shape index (κ3) is 3.15. The molecule has 2 aromatic carbocycles. The smallest absolute Gasteiger partial charge is 0.175 e. The second-order valence-corrected chi connectivity index (χ2v) is 6.30. The van der Waals surface area contributed by atoms with E-state index in [0.717, 1.165) is 0 Å². The zero-order chi connectivity index (χ0) is 18.8. The van der Waals surface area contributed by atoms with Crippen LogP contribution >= 0.6 is 0 Å². The number of rotatable bonds is 3. The van der Waals surface area contributed by atoms with Crippen LogP contribution in [0.2, 0.25) is 0 Å². The second kappa shape index (κ2) is 7.17. The number of nitrogens with one attached hydrogen (secondary N) is 2. The van der Waals surface area contributed by atoms with E-state index in [1.165, 1.54) is 12.3 Å². The summed E-state index contributed by atoms with van der Waals surface area (Å²) in [5, 5.41) is 15.9. The molecule has 1 aliphatic heterocycles. The van der Waals surface area contributed by atoms with Gasteiger partial charge in [-0.1, -0.05) is 18.2 Å². The Morgan fingerprint density at radius 2 is 1.89 bits per heavy atom. The summed E-state index contributed by atoms with van der Waals surface area (Å²) in [6.45, 7) is 2.37. The minimum atomic E-state index is -0.701. The highest BCUT2D eigenvalue weighted by molar-refractivity contribution is 5.97. The first-order chi connectivity index (χ1) is 13.2. The molecule has 0 aliphatic carbocycles. The van der Waals surface area contributed by atoms with Crippen LogP contribution in [0.1, 0.15) is 5.56 Å². The van der Waals surface area contributed by atoms with Gasteiger partial charge in [0, 0.05) is 43.4 Å². The summed E-state index contributed by atoms with van der Waals surface area (Å²) in [6.07, 6.45) is 1.32. The molecule has 7 heteroatoms. The largest absolute Gasteiger partial charge is 0.364 e. The van der Waals surface area contributed by atoms with Gasteiger partial charge in [-0.05, 0) is 18.2 Å². The highest BCUT2D eigenvalue weighted by atomic mass is 19.1. The molecule has 0 radical (unpaired) electrons. The predicted octanol–water partition coefficient (Wildman–Crippen LogP) is 3.54. The molecule has 0 amide bonds. The summed E-state index contributed by atoms with van der Waals surface area (Å²) in [5.74, 6) is -1.36. The van der Waals surface area contributed by atoms with Crippen LogP contribution < -0.4 is 15.5 Å². The second-order valence-electron chi connectivity index (χ2n) is 6.30. The van der Waals surface area contributed by atoms with E-state index in [2.05, 4.69) is 15.6 Å². The number of nitrogens with zero attached hydrogens (tertiary/aromatic N) is 3. The fraction of sp³-hybridized carbons (Fsp3) is 0.200. The first kappa shape index (κ1) is 17.2. The van der Waals surface area contributed by atoms with Gasteiger partial charge < -0.3 is 15.5 Å². The van der Waals surface area contributed by atoms with Gasteiger partial charge in [-0.25, -0.2) is 8.78 Å². The van der Waals surface area contributed by atoms with E-state index in [4.69, 9.17) is 0 Å². The Balaban J connectivity index is 1.88. The number of aromatic nitrogens is 1. The molecular weight excluding hydrogens is 348 g/mol. The number of nitriles is 1. The maximum atomic E-state index is 15.2. The minimum Gasteiger partial charge on any atom is -0.364 e. The predicted molar refractivity (Wildman–Crippen MR) is 101 cm³/mol. The number of halogens is 2. The number of hydrogen-bond acceptors (Lipinski definition) is 5. The first-order valence-electron chi connectivity index (χ1n) is 8.67. The summed E-state index contributed by atoms with van der Waals surface area (Å²) in [4.78, 5) is 5.79. The highest BCUT2D eigenvalue weighted by Crippen LogP contribution is 2.35. The van der Waals surface area contributed by atoms with Crippen LogP contribution in [0, 0.1) is 23.0 Å². The molecule has 0 atom stereocenters. The molecule has 27 heavy (non-hydrogen) atoms. The van der Waals surface area contributed by atoms with Crippen LogP contribution in [-0.2, 0) is 0 Å². The van der Waals surface area contributed by atoms with Crippen molar-refractivity contribution >= 4 is 28.0 Å². The molecule has 5 nitrogen and oxygen atoms in total. The van der Waals surface area contributed by atoms with Crippen LogP contribution in [0.25, 0.3) is 10.9 Å². The monoisotopic (exact) mass is 365 g/mol. The van der Waals surface area contributed by atoms with Crippen molar-refractivity contribution in [1.82, 2.24) is 10.3 Å². The Labute approximate surface area is 155 Å². The molecule has 2 N–H and O–H groups in total. The maximum Gasteiger partial charge on any atom is 0.175 e. The van der Waals surface area contributed by atoms with Gasteiger partial charge >= 0.3 is 0 Å². The van der Waals surface area contributed by atoms with E-state index >= 15 is 4.39 Å². The number of pyridine rings is 1. The van der Waals surface area contributed by atoms with Crippen molar-refractivity contribution in [2.75, 3.05) is 36.4 Å². The third-order valence-corrected chi connectivity index (χ3v) is 4.63. The first-order valence-corrected chi connectivity index (χ1v) is 8.67. The van der Waals surface area contributed by atoms with Gasteiger partial charge in [0.2, 0.25) is 0 Å². The molecule has 1 fully saturated rings. The third-order valence-electron chi connectivity index (χ3n) is 4.63. The van der Waals surface area contributed by atoms with Crippen molar-refractivity contribution in [3.8, 4) is 6.07 Å². The molecule has 1 aliphatic rings. The number of benzene rings is 2. The zero-order valence-corrected chi connectivity index (χ0v) is 14.5. The summed E-state index contributed by atoms with van der Waals surface area (Å²) < 4.78 is 30.1. The number of anilines is 3. The molecule has 2 heterocycles. The van der Waals surface area contributed by atoms with E-state index in [-0.39, 0.29) is 22.2 Å². The Hall–Kier alpha value is -3.24. The maximum absolute atomic E-state index is 15.2. The van der Waals surface area contributed by atoms with E-state index in [0.29, 0.717) is 37.6 Å². The van der Waals surface area contributed by atoms with Gasteiger partial charge in [-0.3, -0.25) is 4.98 Å². The Bertz CT molecular complexity index is 1020. The van der Waals surface area contributed by atoms with E-state index in [1.807, 2.05) is 36.4 Å². The van der Waals surface area contributed by atoms with E-state index in [9.17, 15) is 9.65 Å². The number of piperazine rings is 1. The van der Waals surface area contributed by atoms with Crippen molar-refractivity contribution in [3.05, 3.63) is 59.8 Å². The summed E-state index contributed by atoms with van der Waals surface area (Å²) in [5.41, 5.74) is 1.26. The topological polar surface area (TPSA) is 64.0 Å². The lowest BCUT2D eigenvalue weighted by molar-refractivity contribution is 0.542. The molecule has 4 rings (SSSR count). The van der Waals surface area contributed by atoms with Gasteiger partial charge in [0.1, 0.15) is 23.1 Å². The van der Waals surface area contributed by atoms with Crippen LogP contribution in [-0.4, -0.2) is 31.2 Å². The van der Waals surface area contributed by atoms with Crippen molar-refractivity contribution in [2.24, 2.45) is 0 Å². The summed E-state index contributed by atoms with van der Waals surface area (Å²) in [7, 11) is 0. The average molecular weight is 365 g/mol. The summed E-state index contributed by atoms with van der Waals surface area (Å²) in [6, 6.07) is 12.5. The lowest BCUT2D eigenvalue weighted by Crippen LogP contribution is -2.44. The zero-order valence-electron chi connectivity index (χ0n) is 14.5. The normalized spacial score (nSPS) is 14.2. The molecule has 0 spiro atoms. The van der Waals surface area contributed by atoms with Crippen LogP contribution in [0.3, 0.4) is 0 Å². The van der Waals surface area contributed by atoms with Crippen molar-refractivity contribution in [1.29, 1.82) is 5.26 Å². The van der Waals surface area contributed by atoms with Gasteiger partial charge in [-0.2, -0.15) is 5.26 Å². The van der Waals surface area contributed by atoms with Crippen molar-refractivity contribution in [2.45, 2.75) is 0 Å². The van der Waals surface area contributed by atoms with E-state index in [1.54, 1.807) is 4.90 Å². The average Bonchev–Trinajstić information content (AvgIpc) is 2.70. The molecular formula is C20H17F2N5. The van der Waals surface area contributed by atoms with Crippen LogP contribution in [0.15, 0.2) is 42.6 Å². The van der Waals surface area contributed by atoms with Crippen LogP contribution in [0.4, 0.5) is 25.8 Å². The van der Waals surface area contributed by atoms with Gasteiger partial charge in [-0.15, -0.1) is 0 Å². The lowest BCUT2D eigenvalue weighted by atomic mass is 10.1. The van der Waals surface area contributed by atoms with Gasteiger partial charge in [0.15, 0.2) is 5.82 Å². The molecule has 1 saturated heterocycles. The van der Waals surface area contributed by atoms with Gasteiger partial charge in [0.05, 0.1) is 11.3 Å². The molecule has 1 aromatic heterocycles. The lowest BCUT2D eigenvalue weighted by Gasteiger charge is -2.30. The fourth-order valence-electron chi connectivity index (χ4n) is 3.32. The van der Waals surface area contributed by atoms with E-state index < -0.39 is 11.6 Å². The van der Waals surface area contributed by atoms with Crippen molar-refractivity contribution < 1.29 is 8.78 Å². The quantitative estimate of drug-likeness (QED) is 0.743. The highest BCUT2D eigenvalue weighted by Gasteiger charge is 2.24. The molecule has 3 aromatic rings. The summed E-state index contributed by atoms with van der Waals surface area (Å²) >= 11 is 0. The number of hydrogen-bond donors (Lipinski definition) is 2.